The van der Waals surface area contributed by atoms with Gasteiger partial charge < -0.3 is 10.2 Å². The van der Waals surface area contributed by atoms with E-state index in [0.717, 1.165) is 41.0 Å². The van der Waals surface area contributed by atoms with Crippen LogP contribution >= 0.6 is 0 Å². The number of hydrogen-bond acceptors (Lipinski definition) is 2. The van der Waals surface area contributed by atoms with Crippen LogP contribution in [0.1, 0.15) is 66.0 Å². The zero-order valence-corrected chi connectivity index (χ0v) is 16.1. The molecule has 25 heavy (non-hydrogen) atoms. The highest BCUT2D eigenvalue weighted by atomic mass is 16.3. The molecule has 1 aliphatic rings. The van der Waals surface area contributed by atoms with E-state index in [1.807, 2.05) is 27.7 Å². The summed E-state index contributed by atoms with van der Waals surface area (Å²) in [5, 5.41) is 20.4. The molecule has 134 valence electrons. The molecule has 3 rings (SSSR count). The average molecular weight is 338 g/mol. The van der Waals surface area contributed by atoms with Gasteiger partial charge in [0, 0.05) is 5.41 Å². The lowest BCUT2D eigenvalue weighted by Crippen LogP contribution is -2.33. The highest BCUT2D eigenvalue weighted by Gasteiger charge is 2.38. The third kappa shape index (κ3) is 3.03. The van der Waals surface area contributed by atoms with Gasteiger partial charge in [-0.3, -0.25) is 0 Å². The van der Waals surface area contributed by atoms with E-state index in [1.165, 1.54) is 24.0 Å². The zero-order valence-electron chi connectivity index (χ0n) is 16.1. The molecule has 0 unspecified atom stereocenters. The van der Waals surface area contributed by atoms with Crippen molar-refractivity contribution in [2.45, 2.75) is 65.7 Å². The largest absolute Gasteiger partial charge is 0.507 e. The van der Waals surface area contributed by atoms with E-state index in [0.29, 0.717) is 11.5 Å². The molecule has 2 N–H and O–H groups in total. The van der Waals surface area contributed by atoms with Crippen LogP contribution in [-0.4, -0.2) is 10.2 Å². The minimum Gasteiger partial charge on any atom is -0.507 e. The molecule has 2 nitrogen and oxygen atoms in total. The Morgan fingerprint density at radius 3 is 1.36 bits per heavy atom. The summed E-state index contributed by atoms with van der Waals surface area (Å²) in [6.45, 7) is 10.3. The van der Waals surface area contributed by atoms with Gasteiger partial charge in [-0.05, 0) is 92.7 Å². The number of hydrogen-bond donors (Lipinski definition) is 2. The lowest BCUT2D eigenvalue weighted by molar-refractivity contribution is 0.279. The minimum absolute atomic E-state index is 0.0288. The molecule has 2 aromatic rings. The molecular weight excluding hydrogens is 308 g/mol. The standard InChI is InChI=1S/C23H30O2/c1-14-6-8-23(9-7-14,19-10-15(2)21(24)16(3)11-19)20-12-17(4)22(25)18(5)13-20/h10-14,24-25H,6-9H2,1-5H3. The Morgan fingerprint density at radius 2 is 1.04 bits per heavy atom. The van der Waals surface area contributed by atoms with Gasteiger partial charge in [-0.2, -0.15) is 0 Å². The monoisotopic (exact) mass is 338 g/mol. The van der Waals surface area contributed by atoms with Crippen LogP contribution in [0.2, 0.25) is 0 Å². The van der Waals surface area contributed by atoms with E-state index in [1.54, 1.807) is 0 Å². The van der Waals surface area contributed by atoms with Crippen molar-refractivity contribution in [3.05, 3.63) is 57.6 Å². The normalized spacial score (nSPS) is 17.6. The van der Waals surface area contributed by atoms with Crippen molar-refractivity contribution in [2.24, 2.45) is 5.92 Å². The summed E-state index contributed by atoms with van der Waals surface area (Å²) in [5.41, 5.74) is 6.35. The summed E-state index contributed by atoms with van der Waals surface area (Å²) >= 11 is 0. The van der Waals surface area contributed by atoms with Crippen molar-refractivity contribution in [3.63, 3.8) is 0 Å². The number of benzene rings is 2. The average Bonchev–Trinajstić information content (AvgIpc) is 2.57. The van der Waals surface area contributed by atoms with Crippen molar-refractivity contribution >= 4 is 0 Å². The molecule has 1 saturated carbocycles. The van der Waals surface area contributed by atoms with Crippen LogP contribution in [0.4, 0.5) is 0 Å². The summed E-state index contributed by atoms with van der Waals surface area (Å²) in [5.74, 6) is 1.56. The number of rotatable bonds is 2. The molecular formula is C23H30O2. The molecule has 1 aliphatic carbocycles. The maximum absolute atomic E-state index is 10.2. The first kappa shape index (κ1) is 17.8. The van der Waals surface area contributed by atoms with Crippen LogP contribution in [0.5, 0.6) is 11.5 Å². The number of aromatic hydroxyl groups is 2. The van der Waals surface area contributed by atoms with Crippen LogP contribution in [-0.2, 0) is 5.41 Å². The van der Waals surface area contributed by atoms with Crippen molar-refractivity contribution in [1.29, 1.82) is 0 Å². The van der Waals surface area contributed by atoms with Gasteiger partial charge in [0.05, 0.1) is 0 Å². The van der Waals surface area contributed by atoms with Crippen LogP contribution in [0.15, 0.2) is 24.3 Å². The Hall–Kier alpha value is -1.96. The lowest BCUT2D eigenvalue weighted by atomic mass is 9.62. The van der Waals surface area contributed by atoms with Crippen LogP contribution < -0.4 is 0 Å². The molecule has 0 radical (unpaired) electrons. The molecule has 0 heterocycles. The molecule has 0 aliphatic heterocycles. The maximum Gasteiger partial charge on any atom is 0.121 e. The van der Waals surface area contributed by atoms with Crippen LogP contribution in [0.3, 0.4) is 0 Å². The Bertz CT molecular complexity index is 690. The van der Waals surface area contributed by atoms with Crippen molar-refractivity contribution in [3.8, 4) is 11.5 Å². The molecule has 0 saturated heterocycles. The number of phenols is 2. The van der Waals surface area contributed by atoms with E-state index >= 15 is 0 Å². The fourth-order valence-electron chi connectivity index (χ4n) is 4.46. The summed E-state index contributed by atoms with van der Waals surface area (Å²) in [7, 11) is 0. The van der Waals surface area contributed by atoms with Crippen molar-refractivity contribution in [1.82, 2.24) is 0 Å². The summed E-state index contributed by atoms with van der Waals surface area (Å²) < 4.78 is 0. The van der Waals surface area contributed by atoms with E-state index in [9.17, 15) is 10.2 Å². The molecule has 0 amide bonds. The van der Waals surface area contributed by atoms with E-state index in [2.05, 4.69) is 31.2 Å². The fraction of sp³-hybridized carbons (Fsp3) is 0.478. The number of aryl methyl sites for hydroxylation is 4. The first-order valence-electron chi connectivity index (χ1n) is 9.36. The van der Waals surface area contributed by atoms with E-state index < -0.39 is 0 Å². The summed E-state index contributed by atoms with van der Waals surface area (Å²) in [4.78, 5) is 0. The first-order chi connectivity index (χ1) is 11.7. The van der Waals surface area contributed by atoms with Gasteiger partial charge in [0.2, 0.25) is 0 Å². The summed E-state index contributed by atoms with van der Waals surface area (Å²) in [6.07, 6.45) is 4.64. The van der Waals surface area contributed by atoms with Gasteiger partial charge >= 0.3 is 0 Å². The van der Waals surface area contributed by atoms with Gasteiger partial charge in [0.25, 0.3) is 0 Å². The SMILES string of the molecule is Cc1cc(C2(c3cc(C)c(O)c(C)c3)CCC(C)CC2)cc(C)c1O. The molecule has 0 bridgehead atoms. The smallest absolute Gasteiger partial charge is 0.121 e. The van der Waals surface area contributed by atoms with Crippen molar-refractivity contribution in [2.75, 3.05) is 0 Å². The molecule has 2 heteroatoms. The highest BCUT2D eigenvalue weighted by Crippen LogP contribution is 2.48. The zero-order chi connectivity index (χ0) is 18.4. The van der Waals surface area contributed by atoms with Gasteiger partial charge in [0.1, 0.15) is 11.5 Å². The second-order valence-electron chi connectivity index (χ2n) is 8.18. The quantitative estimate of drug-likeness (QED) is 0.723. The Labute approximate surface area is 151 Å². The molecule has 0 aromatic heterocycles. The topological polar surface area (TPSA) is 40.5 Å². The second kappa shape index (κ2) is 6.40. The van der Waals surface area contributed by atoms with Gasteiger partial charge in [-0.1, -0.05) is 31.2 Å². The Balaban J connectivity index is 2.22. The number of phenolic OH excluding ortho intramolecular Hbond substituents is 2. The third-order valence-corrected chi connectivity index (χ3v) is 6.22. The van der Waals surface area contributed by atoms with E-state index in [-0.39, 0.29) is 5.41 Å². The van der Waals surface area contributed by atoms with E-state index in [4.69, 9.17) is 0 Å². The predicted molar refractivity (Wildman–Crippen MR) is 104 cm³/mol. The van der Waals surface area contributed by atoms with Crippen LogP contribution in [0.25, 0.3) is 0 Å². The van der Waals surface area contributed by atoms with Crippen molar-refractivity contribution < 1.29 is 10.2 Å². The maximum atomic E-state index is 10.2. The fourth-order valence-corrected chi connectivity index (χ4v) is 4.46. The van der Waals surface area contributed by atoms with Crippen LogP contribution in [0, 0.1) is 33.6 Å². The van der Waals surface area contributed by atoms with Gasteiger partial charge in [0.15, 0.2) is 0 Å². The Kier molecular flexibility index (Phi) is 4.57. The predicted octanol–water partition coefficient (Wildman–Crippen LogP) is 5.83. The highest BCUT2D eigenvalue weighted by molar-refractivity contribution is 5.52. The molecule has 0 atom stereocenters. The first-order valence-corrected chi connectivity index (χ1v) is 9.36. The molecule has 0 spiro atoms. The van der Waals surface area contributed by atoms with Gasteiger partial charge in [-0.25, -0.2) is 0 Å². The summed E-state index contributed by atoms with van der Waals surface area (Å²) in [6, 6.07) is 8.65. The molecule has 1 fully saturated rings. The second-order valence-corrected chi connectivity index (χ2v) is 8.18. The third-order valence-electron chi connectivity index (χ3n) is 6.22. The lowest BCUT2D eigenvalue weighted by Gasteiger charge is -2.41. The molecule has 2 aromatic carbocycles. The van der Waals surface area contributed by atoms with Gasteiger partial charge in [-0.15, -0.1) is 0 Å². The minimum atomic E-state index is -0.0288. The Morgan fingerprint density at radius 1 is 0.720 bits per heavy atom.